The first kappa shape index (κ1) is 16.3. The van der Waals surface area contributed by atoms with Crippen molar-refractivity contribution in [3.8, 4) is 5.75 Å². The zero-order valence-corrected chi connectivity index (χ0v) is 14.5. The number of aliphatic carboxylic acids is 1. The molecular weight excluding hydrogens is 352 g/mol. The SMILES string of the molecule is C[C@@H](Oc1ccc(/C=c2\sc3nc4ccccc4n3c2=O)cc1)C(=O)[O-]. The van der Waals surface area contributed by atoms with Gasteiger partial charge in [-0.15, -0.1) is 0 Å². The van der Waals surface area contributed by atoms with Gasteiger partial charge in [-0.05, 0) is 42.8 Å². The van der Waals surface area contributed by atoms with Gasteiger partial charge in [-0.3, -0.25) is 4.79 Å². The van der Waals surface area contributed by atoms with Gasteiger partial charge in [0.25, 0.3) is 5.56 Å². The van der Waals surface area contributed by atoms with Gasteiger partial charge in [0.05, 0.1) is 21.5 Å². The molecule has 0 saturated heterocycles. The Morgan fingerprint density at radius 3 is 2.69 bits per heavy atom. The summed E-state index contributed by atoms with van der Waals surface area (Å²) in [5.41, 5.74) is 2.29. The molecule has 0 aliphatic carbocycles. The lowest BCUT2D eigenvalue weighted by molar-refractivity contribution is -0.312. The molecule has 7 heteroatoms. The van der Waals surface area contributed by atoms with Gasteiger partial charge >= 0.3 is 0 Å². The summed E-state index contributed by atoms with van der Waals surface area (Å²) in [6.45, 7) is 1.41. The minimum Gasteiger partial charge on any atom is -0.546 e. The minimum atomic E-state index is -1.27. The predicted octanol–water partition coefficient (Wildman–Crippen LogP) is 0.974. The van der Waals surface area contributed by atoms with E-state index in [0.717, 1.165) is 16.6 Å². The first-order chi connectivity index (χ1) is 12.5. The van der Waals surface area contributed by atoms with Crippen molar-refractivity contribution in [2.45, 2.75) is 13.0 Å². The topological polar surface area (TPSA) is 83.7 Å². The normalized spacial score (nSPS) is 13.3. The molecule has 0 radical (unpaired) electrons. The number of rotatable bonds is 4. The largest absolute Gasteiger partial charge is 0.546 e. The van der Waals surface area contributed by atoms with Crippen molar-refractivity contribution < 1.29 is 14.6 Å². The summed E-state index contributed by atoms with van der Waals surface area (Å²) >= 11 is 1.33. The molecule has 6 nitrogen and oxygen atoms in total. The van der Waals surface area contributed by atoms with Gasteiger partial charge in [-0.1, -0.05) is 35.6 Å². The third-order valence-electron chi connectivity index (χ3n) is 3.97. The highest BCUT2D eigenvalue weighted by atomic mass is 32.1. The molecule has 26 heavy (non-hydrogen) atoms. The summed E-state index contributed by atoms with van der Waals surface area (Å²) in [5, 5.41) is 10.7. The number of fused-ring (bicyclic) bond motifs is 3. The highest BCUT2D eigenvalue weighted by Gasteiger charge is 2.10. The van der Waals surface area contributed by atoms with Crippen LogP contribution in [0.5, 0.6) is 5.75 Å². The average Bonchev–Trinajstić information content (AvgIpc) is 3.13. The van der Waals surface area contributed by atoms with E-state index < -0.39 is 12.1 Å². The molecule has 4 aromatic rings. The summed E-state index contributed by atoms with van der Waals surface area (Å²) in [7, 11) is 0. The zero-order valence-electron chi connectivity index (χ0n) is 13.7. The molecular formula is C19H13N2O4S-. The Hall–Kier alpha value is -3.19. The smallest absolute Gasteiger partial charge is 0.274 e. The minimum absolute atomic E-state index is 0.107. The van der Waals surface area contributed by atoms with Crippen molar-refractivity contribution in [2.75, 3.05) is 0 Å². The van der Waals surface area contributed by atoms with Crippen LogP contribution in [0, 0.1) is 0 Å². The summed E-state index contributed by atoms with van der Waals surface area (Å²) in [4.78, 5) is 28.6. The molecule has 0 N–H and O–H groups in total. The van der Waals surface area contributed by atoms with Crippen molar-refractivity contribution in [1.29, 1.82) is 0 Å². The van der Waals surface area contributed by atoms with Crippen molar-refractivity contribution in [3.05, 3.63) is 69.0 Å². The standard InChI is InChI=1S/C19H14N2O4S/c1-11(18(23)24)25-13-8-6-12(7-9-13)10-16-17(22)21-15-5-3-2-4-14(15)20-19(21)26-16/h2-11H,1H3,(H,23,24)/p-1/b16-10-/t11-/m1/s1. The second kappa shape index (κ2) is 6.27. The Bertz CT molecular complexity index is 1220. The van der Waals surface area contributed by atoms with Crippen LogP contribution in [-0.2, 0) is 4.79 Å². The van der Waals surface area contributed by atoms with Gasteiger partial charge in [-0.2, -0.15) is 0 Å². The fourth-order valence-electron chi connectivity index (χ4n) is 2.66. The van der Waals surface area contributed by atoms with Crippen molar-refractivity contribution in [3.63, 3.8) is 0 Å². The highest BCUT2D eigenvalue weighted by molar-refractivity contribution is 7.15. The van der Waals surface area contributed by atoms with E-state index in [-0.39, 0.29) is 5.56 Å². The molecule has 130 valence electrons. The van der Waals surface area contributed by atoms with E-state index >= 15 is 0 Å². The van der Waals surface area contributed by atoms with Gasteiger partial charge in [0.2, 0.25) is 0 Å². The average molecular weight is 365 g/mol. The number of carbonyl (C=O) groups is 1. The molecule has 1 atom stereocenters. The highest BCUT2D eigenvalue weighted by Crippen LogP contribution is 2.17. The van der Waals surface area contributed by atoms with E-state index in [1.165, 1.54) is 18.3 Å². The van der Waals surface area contributed by atoms with E-state index in [2.05, 4.69) is 4.98 Å². The van der Waals surface area contributed by atoms with Crippen LogP contribution < -0.4 is 19.9 Å². The van der Waals surface area contributed by atoms with Crippen molar-refractivity contribution >= 4 is 39.4 Å². The quantitative estimate of drug-likeness (QED) is 0.538. The monoisotopic (exact) mass is 365 g/mol. The molecule has 0 bridgehead atoms. The van der Waals surface area contributed by atoms with Crippen LogP contribution in [0.3, 0.4) is 0 Å². The maximum Gasteiger partial charge on any atom is 0.274 e. The first-order valence-corrected chi connectivity index (χ1v) is 8.74. The zero-order chi connectivity index (χ0) is 18.3. The number of nitrogens with zero attached hydrogens (tertiary/aromatic N) is 2. The number of thiazole rings is 1. The Kier molecular flexibility index (Phi) is 3.93. The number of para-hydroxylation sites is 2. The van der Waals surface area contributed by atoms with Crippen LogP contribution in [0.1, 0.15) is 12.5 Å². The van der Waals surface area contributed by atoms with Crippen LogP contribution in [0.25, 0.3) is 22.1 Å². The van der Waals surface area contributed by atoms with Crippen LogP contribution >= 0.6 is 11.3 Å². The van der Waals surface area contributed by atoms with Gasteiger partial charge < -0.3 is 14.6 Å². The number of carbonyl (C=O) groups excluding carboxylic acids is 1. The Morgan fingerprint density at radius 2 is 1.96 bits per heavy atom. The molecule has 0 aliphatic rings. The van der Waals surface area contributed by atoms with E-state index in [1.54, 1.807) is 34.7 Å². The third kappa shape index (κ3) is 2.82. The summed E-state index contributed by atoms with van der Waals surface area (Å²) < 4.78 is 7.43. The molecule has 0 saturated carbocycles. The van der Waals surface area contributed by atoms with Gasteiger partial charge in [0, 0.05) is 0 Å². The van der Waals surface area contributed by atoms with Crippen LogP contribution in [-0.4, -0.2) is 21.5 Å². The Balaban J connectivity index is 1.71. The number of hydrogen-bond acceptors (Lipinski definition) is 6. The molecule has 2 heterocycles. The van der Waals surface area contributed by atoms with Gasteiger partial charge in [0.15, 0.2) is 4.96 Å². The maximum atomic E-state index is 12.7. The van der Waals surface area contributed by atoms with E-state index in [1.807, 2.05) is 24.3 Å². The first-order valence-electron chi connectivity index (χ1n) is 7.92. The lowest BCUT2D eigenvalue weighted by Crippen LogP contribution is -2.37. The lowest BCUT2D eigenvalue weighted by Gasteiger charge is -2.15. The fourth-order valence-corrected chi connectivity index (χ4v) is 3.65. The third-order valence-corrected chi connectivity index (χ3v) is 4.94. The van der Waals surface area contributed by atoms with Crippen LogP contribution in [0.2, 0.25) is 0 Å². The van der Waals surface area contributed by atoms with Gasteiger partial charge in [0.1, 0.15) is 11.9 Å². The van der Waals surface area contributed by atoms with Gasteiger partial charge in [-0.25, -0.2) is 9.38 Å². The molecule has 0 spiro atoms. The number of carboxylic acid groups (broad SMARTS) is 1. The molecule has 2 aromatic carbocycles. The summed E-state index contributed by atoms with van der Waals surface area (Å²) in [6.07, 6.45) is 0.749. The maximum absolute atomic E-state index is 12.7. The molecule has 0 unspecified atom stereocenters. The number of benzene rings is 2. The lowest BCUT2D eigenvalue weighted by atomic mass is 10.2. The number of imidazole rings is 1. The Morgan fingerprint density at radius 1 is 1.23 bits per heavy atom. The molecule has 0 amide bonds. The molecule has 2 aromatic heterocycles. The summed E-state index contributed by atoms with van der Waals surface area (Å²) in [6, 6.07) is 14.4. The van der Waals surface area contributed by atoms with E-state index in [4.69, 9.17) is 4.74 Å². The van der Waals surface area contributed by atoms with Crippen LogP contribution in [0.15, 0.2) is 53.3 Å². The fraction of sp³-hybridized carbons (Fsp3) is 0.105. The number of ether oxygens (including phenoxy) is 1. The second-order valence-electron chi connectivity index (χ2n) is 5.78. The second-order valence-corrected chi connectivity index (χ2v) is 6.79. The van der Waals surface area contributed by atoms with E-state index in [9.17, 15) is 14.7 Å². The van der Waals surface area contributed by atoms with Crippen molar-refractivity contribution in [1.82, 2.24) is 9.38 Å². The van der Waals surface area contributed by atoms with Crippen molar-refractivity contribution in [2.24, 2.45) is 0 Å². The summed E-state index contributed by atoms with van der Waals surface area (Å²) in [5.74, 6) is -0.848. The van der Waals surface area contributed by atoms with E-state index in [0.29, 0.717) is 15.2 Å². The molecule has 0 fully saturated rings. The number of carboxylic acids is 1. The molecule has 0 aliphatic heterocycles. The number of hydrogen-bond donors (Lipinski definition) is 0. The van der Waals surface area contributed by atoms with Crippen LogP contribution in [0.4, 0.5) is 0 Å². The predicted molar refractivity (Wildman–Crippen MR) is 97.2 cm³/mol. The molecule has 4 rings (SSSR count). The Labute approximate surface area is 151 Å². The number of aromatic nitrogens is 2.